The van der Waals surface area contributed by atoms with E-state index in [0.29, 0.717) is 24.3 Å². The molecule has 0 aliphatic carbocycles. The number of carbonyl (C=O) groups is 1. The molecule has 1 amide bonds. The van der Waals surface area contributed by atoms with Crippen LogP contribution in [0.5, 0.6) is 0 Å². The lowest BCUT2D eigenvalue weighted by atomic mass is 9.97. The van der Waals surface area contributed by atoms with Crippen molar-refractivity contribution in [2.45, 2.75) is 38.0 Å². The fraction of sp³-hybridized carbons (Fsp3) is 0.400. The van der Waals surface area contributed by atoms with Crippen LogP contribution in [0.4, 0.5) is 0 Å². The zero-order valence-corrected chi connectivity index (χ0v) is 11.5. The molecule has 0 spiro atoms. The Kier molecular flexibility index (Phi) is 4.61. The molecule has 0 bridgehead atoms. The molecule has 0 aromatic heterocycles. The SMILES string of the molecule is C=CCC(c1ccccc1Cl)N1C(=O)CCCC1O. The minimum absolute atomic E-state index is 0.0227. The molecule has 1 aromatic carbocycles. The van der Waals surface area contributed by atoms with Crippen LogP contribution in [0.15, 0.2) is 36.9 Å². The highest BCUT2D eigenvalue weighted by atomic mass is 35.5. The molecule has 0 saturated carbocycles. The number of amides is 1. The summed E-state index contributed by atoms with van der Waals surface area (Å²) in [6.45, 7) is 3.74. The van der Waals surface area contributed by atoms with Gasteiger partial charge in [0, 0.05) is 11.4 Å². The molecule has 2 atom stereocenters. The number of hydrogen-bond donors (Lipinski definition) is 1. The molecule has 1 fully saturated rings. The van der Waals surface area contributed by atoms with Gasteiger partial charge in [-0.05, 0) is 30.9 Å². The molecule has 1 N–H and O–H groups in total. The first kappa shape index (κ1) is 14.1. The van der Waals surface area contributed by atoms with Crippen molar-refractivity contribution in [2.24, 2.45) is 0 Å². The Balaban J connectivity index is 2.36. The smallest absolute Gasteiger partial charge is 0.225 e. The van der Waals surface area contributed by atoms with Gasteiger partial charge in [0.25, 0.3) is 0 Å². The predicted octanol–water partition coefficient (Wildman–Crippen LogP) is 3.29. The van der Waals surface area contributed by atoms with Gasteiger partial charge in [-0.2, -0.15) is 0 Å². The summed E-state index contributed by atoms with van der Waals surface area (Å²) in [6, 6.07) is 7.19. The number of halogens is 1. The highest BCUT2D eigenvalue weighted by Gasteiger charge is 2.33. The van der Waals surface area contributed by atoms with E-state index in [2.05, 4.69) is 6.58 Å². The van der Waals surface area contributed by atoms with E-state index in [9.17, 15) is 9.90 Å². The van der Waals surface area contributed by atoms with Crippen molar-refractivity contribution < 1.29 is 9.90 Å². The van der Waals surface area contributed by atoms with Crippen molar-refractivity contribution in [1.29, 1.82) is 0 Å². The lowest BCUT2D eigenvalue weighted by molar-refractivity contribution is -0.151. The fourth-order valence-electron chi connectivity index (χ4n) is 2.55. The van der Waals surface area contributed by atoms with Crippen LogP contribution in [-0.4, -0.2) is 22.1 Å². The standard InChI is InChI=1S/C15H18ClNO2/c1-2-6-13(11-7-3-4-8-12(11)16)17-14(18)9-5-10-15(17)19/h2-4,7-8,13-14,18H,1,5-6,9-10H2. The van der Waals surface area contributed by atoms with E-state index >= 15 is 0 Å². The number of benzene rings is 1. The maximum atomic E-state index is 12.1. The average Bonchev–Trinajstić information content (AvgIpc) is 2.38. The van der Waals surface area contributed by atoms with Gasteiger partial charge in [-0.15, -0.1) is 6.58 Å². The van der Waals surface area contributed by atoms with E-state index in [1.807, 2.05) is 18.2 Å². The highest BCUT2D eigenvalue weighted by molar-refractivity contribution is 6.31. The summed E-state index contributed by atoms with van der Waals surface area (Å²) in [7, 11) is 0. The summed E-state index contributed by atoms with van der Waals surface area (Å²) in [5, 5.41) is 10.7. The van der Waals surface area contributed by atoms with Gasteiger partial charge in [0.15, 0.2) is 0 Å². The van der Waals surface area contributed by atoms with E-state index in [4.69, 9.17) is 11.6 Å². The molecule has 4 heteroatoms. The summed E-state index contributed by atoms with van der Waals surface area (Å²) in [6.07, 6.45) is 3.43. The molecule has 102 valence electrons. The Hall–Kier alpha value is -1.32. The summed E-state index contributed by atoms with van der Waals surface area (Å²) >= 11 is 6.22. The number of hydrogen-bond acceptors (Lipinski definition) is 2. The number of rotatable bonds is 4. The zero-order valence-electron chi connectivity index (χ0n) is 10.8. The molecule has 1 heterocycles. The first-order chi connectivity index (χ1) is 9.15. The van der Waals surface area contributed by atoms with E-state index in [1.165, 1.54) is 0 Å². The summed E-state index contributed by atoms with van der Waals surface area (Å²) in [5.41, 5.74) is 0.860. The number of aliphatic hydroxyl groups excluding tert-OH is 1. The molecule has 2 rings (SSSR count). The third-order valence-electron chi connectivity index (χ3n) is 3.45. The molecule has 0 radical (unpaired) electrons. The van der Waals surface area contributed by atoms with Gasteiger partial charge < -0.3 is 10.0 Å². The number of carbonyl (C=O) groups excluding carboxylic acids is 1. The summed E-state index contributed by atoms with van der Waals surface area (Å²) < 4.78 is 0. The van der Waals surface area contributed by atoms with Gasteiger partial charge in [-0.3, -0.25) is 4.79 Å². The Morgan fingerprint density at radius 1 is 1.53 bits per heavy atom. The Bertz CT molecular complexity index is 475. The minimum atomic E-state index is -0.734. The van der Waals surface area contributed by atoms with Gasteiger partial charge in [-0.25, -0.2) is 0 Å². The van der Waals surface area contributed by atoms with Crippen LogP contribution in [0, 0.1) is 0 Å². The van der Waals surface area contributed by atoms with Crippen molar-refractivity contribution >= 4 is 17.5 Å². The first-order valence-corrected chi connectivity index (χ1v) is 6.87. The van der Waals surface area contributed by atoms with E-state index in [0.717, 1.165) is 12.0 Å². The lowest BCUT2D eigenvalue weighted by Crippen LogP contribution is -2.45. The zero-order chi connectivity index (χ0) is 13.8. The normalized spacial score (nSPS) is 21.3. The number of nitrogens with zero attached hydrogens (tertiary/aromatic N) is 1. The van der Waals surface area contributed by atoms with Crippen LogP contribution in [-0.2, 0) is 4.79 Å². The molecular formula is C15H18ClNO2. The number of aliphatic hydroxyl groups is 1. The van der Waals surface area contributed by atoms with Crippen LogP contribution in [0.25, 0.3) is 0 Å². The third kappa shape index (κ3) is 2.99. The van der Waals surface area contributed by atoms with Crippen molar-refractivity contribution in [3.05, 3.63) is 47.5 Å². The maximum Gasteiger partial charge on any atom is 0.225 e. The molecule has 1 aliphatic rings. The Morgan fingerprint density at radius 3 is 2.89 bits per heavy atom. The third-order valence-corrected chi connectivity index (χ3v) is 3.80. The quantitative estimate of drug-likeness (QED) is 0.859. The summed E-state index contributed by atoms with van der Waals surface area (Å²) in [5.74, 6) is -0.0227. The Morgan fingerprint density at radius 2 is 2.26 bits per heavy atom. The van der Waals surface area contributed by atoms with Crippen molar-refractivity contribution in [1.82, 2.24) is 4.90 Å². The van der Waals surface area contributed by atoms with Crippen LogP contribution in [0.2, 0.25) is 5.02 Å². The fourth-order valence-corrected chi connectivity index (χ4v) is 2.81. The summed E-state index contributed by atoms with van der Waals surface area (Å²) in [4.78, 5) is 13.6. The van der Waals surface area contributed by atoms with Crippen molar-refractivity contribution in [3.8, 4) is 0 Å². The van der Waals surface area contributed by atoms with Crippen molar-refractivity contribution in [2.75, 3.05) is 0 Å². The second-order valence-electron chi connectivity index (χ2n) is 4.74. The number of likely N-dealkylation sites (tertiary alicyclic amines) is 1. The first-order valence-electron chi connectivity index (χ1n) is 6.49. The van der Waals surface area contributed by atoms with Gasteiger partial charge in [0.2, 0.25) is 5.91 Å². The van der Waals surface area contributed by atoms with Gasteiger partial charge in [-0.1, -0.05) is 35.9 Å². The molecule has 3 nitrogen and oxygen atoms in total. The largest absolute Gasteiger partial charge is 0.374 e. The topological polar surface area (TPSA) is 40.5 Å². The van der Waals surface area contributed by atoms with E-state index in [1.54, 1.807) is 17.0 Å². The average molecular weight is 280 g/mol. The van der Waals surface area contributed by atoms with Crippen LogP contribution in [0.1, 0.15) is 37.3 Å². The van der Waals surface area contributed by atoms with Crippen LogP contribution < -0.4 is 0 Å². The predicted molar refractivity (Wildman–Crippen MR) is 75.7 cm³/mol. The molecule has 1 aromatic rings. The van der Waals surface area contributed by atoms with Gasteiger partial charge in [0.1, 0.15) is 6.23 Å². The lowest BCUT2D eigenvalue weighted by Gasteiger charge is -2.38. The molecule has 1 aliphatic heterocycles. The highest BCUT2D eigenvalue weighted by Crippen LogP contribution is 2.34. The molecule has 1 saturated heterocycles. The second-order valence-corrected chi connectivity index (χ2v) is 5.14. The van der Waals surface area contributed by atoms with Crippen LogP contribution >= 0.6 is 11.6 Å². The van der Waals surface area contributed by atoms with Crippen molar-refractivity contribution in [3.63, 3.8) is 0 Å². The second kappa shape index (κ2) is 6.22. The number of piperidine rings is 1. The van der Waals surface area contributed by atoms with Gasteiger partial charge >= 0.3 is 0 Å². The monoisotopic (exact) mass is 279 g/mol. The van der Waals surface area contributed by atoms with E-state index < -0.39 is 6.23 Å². The Labute approximate surface area is 118 Å². The van der Waals surface area contributed by atoms with E-state index in [-0.39, 0.29) is 11.9 Å². The maximum absolute atomic E-state index is 12.1. The van der Waals surface area contributed by atoms with Gasteiger partial charge in [0.05, 0.1) is 6.04 Å². The molecule has 2 unspecified atom stereocenters. The minimum Gasteiger partial charge on any atom is -0.374 e. The van der Waals surface area contributed by atoms with Crippen LogP contribution in [0.3, 0.4) is 0 Å². The molecular weight excluding hydrogens is 262 g/mol. The molecule has 19 heavy (non-hydrogen) atoms.